The van der Waals surface area contributed by atoms with Crippen molar-refractivity contribution in [1.82, 2.24) is 4.90 Å². The van der Waals surface area contributed by atoms with Gasteiger partial charge in [-0.1, -0.05) is 17.7 Å². The van der Waals surface area contributed by atoms with Crippen LogP contribution < -0.4 is 5.32 Å². The molecule has 4 heteroatoms. The molecule has 0 fully saturated rings. The lowest BCUT2D eigenvalue weighted by Crippen LogP contribution is -2.40. The van der Waals surface area contributed by atoms with E-state index >= 15 is 0 Å². The summed E-state index contributed by atoms with van der Waals surface area (Å²) in [6.45, 7) is 3.73. The van der Waals surface area contributed by atoms with E-state index < -0.39 is 0 Å². The number of rotatable bonds is 3. The largest absolute Gasteiger partial charge is 0.394 e. The van der Waals surface area contributed by atoms with Crippen LogP contribution in [0.15, 0.2) is 24.3 Å². The summed E-state index contributed by atoms with van der Waals surface area (Å²) in [6.07, 6.45) is 0. The number of hydrogen-bond donors (Lipinski definition) is 2. The standard InChI is InChI=1S/C12H18N2O2/c1-9-4-6-11(7-5-9)13-12(16)14(3)10(2)8-15/h4-7,10,15H,8H2,1-3H3,(H,13,16). The molecule has 0 spiro atoms. The molecule has 1 atom stereocenters. The van der Waals surface area contributed by atoms with Crippen LogP contribution >= 0.6 is 0 Å². The van der Waals surface area contributed by atoms with Crippen molar-refractivity contribution in [3.8, 4) is 0 Å². The maximum Gasteiger partial charge on any atom is 0.321 e. The lowest BCUT2D eigenvalue weighted by Gasteiger charge is -2.23. The van der Waals surface area contributed by atoms with Crippen molar-refractivity contribution < 1.29 is 9.90 Å². The first-order valence-corrected chi connectivity index (χ1v) is 5.26. The highest BCUT2D eigenvalue weighted by molar-refractivity contribution is 5.89. The Morgan fingerprint density at radius 2 is 2.00 bits per heavy atom. The van der Waals surface area contributed by atoms with Crippen molar-refractivity contribution in [2.75, 3.05) is 19.0 Å². The number of benzene rings is 1. The van der Waals surface area contributed by atoms with Crippen LogP contribution in [0.2, 0.25) is 0 Å². The Morgan fingerprint density at radius 1 is 1.44 bits per heavy atom. The van der Waals surface area contributed by atoms with Crippen LogP contribution in [0, 0.1) is 6.92 Å². The lowest BCUT2D eigenvalue weighted by molar-refractivity contribution is 0.166. The first-order chi connectivity index (χ1) is 7.54. The summed E-state index contributed by atoms with van der Waals surface area (Å²) < 4.78 is 0. The highest BCUT2D eigenvalue weighted by Crippen LogP contribution is 2.09. The second-order valence-electron chi connectivity index (χ2n) is 3.94. The van der Waals surface area contributed by atoms with Gasteiger partial charge in [-0.3, -0.25) is 0 Å². The molecule has 0 saturated carbocycles. The average molecular weight is 222 g/mol. The summed E-state index contributed by atoms with van der Waals surface area (Å²) >= 11 is 0. The number of urea groups is 1. The number of nitrogens with one attached hydrogen (secondary N) is 1. The van der Waals surface area contributed by atoms with Crippen LogP contribution in [0.5, 0.6) is 0 Å². The third-order valence-electron chi connectivity index (χ3n) is 2.55. The fraction of sp³-hybridized carbons (Fsp3) is 0.417. The van der Waals surface area contributed by atoms with Crippen molar-refractivity contribution in [2.24, 2.45) is 0 Å². The Labute approximate surface area is 95.9 Å². The maximum absolute atomic E-state index is 11.7. The van der Waals surface area contributed by atoms with E-state index in [0.717, 1.165) is 11.3 Å². The number of anilines is 1. The monoisotopic (exact) mass is 222 g/mol. The van der Waals surface area contributed by atoms with Gasteiger partial charge in [-0.25, -0.2) is 4.79 Å². The molecule has 88 valence electrons. The van der Waals surface area contributed by atoms with Gasteiger partial charge in [-0.2, -0.15) is 0 Å². The zero-order valence-electron chi connectivity index (χ0n) is 9.90. The number of aliphatic hydroxyl groups is 1. The number of likely N-dealkylation sites (N-methyl/N-ethyl adjacent to an activating group) is 1. The first kappa shape index (κ1) is 12.5. The van der Waals surface area contributed by atoms with E-state index in [4.69, 9.17) is 5.11 Å². The summed E-state index contributed by atoms with van der Waals surface area (Å²) in [5.41, 5.74) is 1.91. The van der Waals surface area contributed by atoms with E-state index in [-0.39, 0.29) is 18.7 Å². The van der Waals surface area contributed by atoms with Crippen LogP contribution in [0.4, 0.5) is 10.5 Å². The van der Waals surface area contributed by atoms with Gasteiger partial charge in [0, 0.05) is 12.7 Å². The topological polar surface area (TPSA) is 52.6 Å². The zero-order valence-corrected chi connectivity index (χ0v) is 9.90. The van der Waals surface area contributed by atoms with Gasteiger partial charge < -0.3 is 15.3 Å². The van der Waals surface area contributed by atoms with Crippen molar-refractivity contribution in [3.63, 3.8) is 0 Å². The van der Waals surface area contributed by atoms with Gasteiger partial charge in [-0.05, 0) is 26.0 Å². The number of carbonyl (C=O) groups is 1. The molecule has 2 amide bonds. The summed E-state index contributed by atoms with van der Waals surface area (Å²) in [7, 11) is 1.66. The van der Waals surface area contributed by atoms with Crippen LogP contribution in [0.25, 0.3) is 0 Å². The summed E-state index contributed by atoms with van der Waals surface area (Å²) in [5.74, 6) is 0. The molecule has 1 rings (SSSR count). The third kappa shape index (κ3) is 3.24. The molecule has 1 aromatic rings. The van der Waals surface area contributed by atoms with Gasteiger partial charge in [0.25, 0.3) is 0 Å². The molecule has 1 unspecified atom stereocenters. The minimum atomic E-state index is -0.217. The fourth-order valence-corrected chi connectivity index (χ4v) is 1.17. The van der Waals surface area contributed by atoms with Crippen LogP contribution in [-0.4, -0.2) is 35.7 Å². The Bertz CT molecular complexity index is 349. The smallest absolute Gasteiger partial charge is 0.321 e. The second kappa shape index (κ2) is 5.51. The van der Waals surface area contributed by atoms with E-state index in [9.17, 15) is 4.79 Å². The fourth-order valence-electron chi connectivity index (χ4n) is 1.17. The Morgan fingerprint density at radius 3 is 2.50 bits per heavy atom. The number of aryl methyl sites for hydroxylation is 1. The minimum Gasteiger partial charge on any atom is -0.394 e. The van der Waals surface area contributed by atoms with Crippen molar-refractivity contribution in [1.29, 1.82) is 0 Å². The number of amides is 2. The van der Waals surface area contributed by atoms with Gasteiger partial charge in [0.05, 0.1) is 12.6 Å². The SMILES string of the molecule is Cc1ccc(NC(=O)N(C)C(C)CO)cc1. The normalized spacial score (nSPS) is 12.0. The van der Waals surface area contributed by atoms with Gasteiger partial charge in [0.15, 0.2) is 0 Å². The van der Waals surface area contributed by atoms with E-state index in [1.165, 1.54) is 4.90 Å². The number of carbonyl (C=O) groups excluding carboxylic acids is 1. The summed E-state index contributed by atoms with van der Waals surface area (Å²) in [4.78, 5) is 13.2. The second-order valence-corrected chi connectivity index (χ2v) is 3.94. The van der Waals surface area contributed by atoms with Gasteiger partial charge in [-0.15, -0.1) is 0 Å². The lowest BCUT2D eigenvalue weighted by atomic mass is 10.2. The summed E-state index contributed by atoms with van der Waals surface area (Å²) in [5, 5.41) is 11.7. The Balaban J connectivity index is 2.60. The predicted octanol–water partition coefficient (Wildman–Crippen LogP) is 1.84. The molecular weight excluding hydrogens is 204 g/mol. The molecule has 0 aliphatic heterocycles. The molecule has 0 aliphatic carbocycles. The highest BCUT2D eigenvalue weighted by atomic mass is 16.3. The van der Waals surface area contributed by atoms with Crippen molar-refractivity contribution >= 4 is 11.7 Å². The quantitative estimate of drug-likeness (QED) is 0.820. The molecule has 0 aliphatic rings. The number of nitrogens with zero attached hydrogens (tertiary/aromatic N) is 1. The molecule has 16 heavy (non-hydrogen) atoms. The number of hydrogen-bond acceptors (Lipinski definition) is 2. The van der Waals surface area contributed by atoms with Crippen LogP contribution in [-0.2, 0) is 0 Å². The van der Waals surface area contributed by atoms with E-state index in [1.54, 1.807) is 14.0 Å². The van der Waals surface area contributed by atoms with E-state index in [1.807, 2.05) is 31.2 Å². The highest BCUT2D eigenvalue weighted by Gasteiger charge is 2.14. The molecule has 0 aromatic heterocycles. The molecule has 4 nitrogen and oxygen atoms in total. The molecule has 2 N–H and O–H groups in total. The molecule has 0 radical (unpaired) electrons. The Kier molecular flexibility index (Phi) is 4.31. The van der Waals surface area contributed by atoms with Crippen LogP contribution in [0.1, 0.15) is 12.5 Å². The third-order valence-corrected chi connectivity index (χ3v) is 2.55. The van der Waals surface area contributed by atoms with E-state index in [0.29, 0.717) is 0 Å². The van der Waals surface area contributed by atoms with Crippen LogP contribution in [0.3, 0.4) is 0 Å². The molecular formula is C12H18N2O2. The molecule has 0 bridgehead atoms. The van der Waals surface area contributed by atoms with Gasteiger partial charge in [0.1, 0.15) is 0 Å². The molecule has 1 aromatic carbocycles. The first-order valence-electron chi connectivity index (χ1n) is 5.26. The Hall–Kier alpha value is -1.55. The van der Waals surface area contributed by atoms with E-state index in [2.05, 4.69) is 5.32 Å². The summed E-state index contributed by atoms with van der Waals surface area (Å²) in [6, 6.07) is 7.17. The minimum absolute atomic E-state index is 0.0438. The van der Waals surface area contributed by atoms with Crippen molar-refractivity contribution in [3.05, 3.63) is 29.8 Å². The van der Waals surface area contributed by atoms with Gasteiger partial charge in [0.2, 0.25) is 0 Å². The number of aliphatic hydroxyl groups excluding tert-OH is 1. The predicted molar refractivity (Wildman–Crippen MR) is 64.5 cm³/mol. The van der Waals surface area contributed by atoms with Gasteiger partial charge >= 0.3 is 6.03 Å². The molecule has 0 heterocycles. The average Bonchev–Trinajstić information content (AvgIpc) is 2.30. The maximum atomic E-state index is 11.7. The molecule has 0 saturated heterocycles. The van der Waals surface area contributed by atoms with Crippen molar-refractivity contribution in [2.45, 2.75) is 19.9 Å². The zero-order chi connectivity index (χ0) is 12.1.